The number of carbonyl (C=O) groups is 2. The smallest absolute Gasteiger partial charge is 0.336 e. The lowest BCUT2D eigenvalue weighted by Crippen LogP contribution is -2.05. The minimum atomic E-state index is -1.37. The lowest BCUT2D eigenvalue weighted by Gasteiger charge is -2.09. The van der Waals surface area contributed by atoms with E-state index < -0.39 is 16.9 Å². The Kier molecular flexibility index (Phi) is 3.66. The molecule has 0 spiro atoms. The summed E-state index contributed by atoms with van der Waals surface area (Å²) >= 11 is 0. The lowest BCUT2D eigenvalue weighted by molar-refractivity contribution is -0.384. The van der Waals surface area contributed by atoms with Crippen molar-refractivity contribution in [2.24, 2.45) is 0 Å². The molecule has 0 aliphatic rings. The monoisotopic (exact) mass is 287 g/mol. The van der Waals surface area contributed by atoms with Gasteiger partial charge in [0.05, 0.1) is 16.1 Å². The standard InChI is InChI=1S/C14H9NO6/c16-13(17)11-4-2-1-3-9(11)10-6-5-8(15(20)21)7-12(10)14(18)19/h1-7H,(H,16,17)(H,18,19). The number of hydrogen-bond donors (Lipinski definition) is 2. The highest BCUT2D eigenvalue weighted by atomic mass is 16.6. The Morgan fingerprint density at radius 3 is 2.05 bits per heavy atom. The van der Waals surface area contributed by atoms with Gasteiger partial charge in [-0.3, -0.25) is 10.1 Å². The molecule has 0 fully saturated rings. The fourth-order valence-corrected chi connectivity index (χ4v) is 1.96. The van der Waals surface area contributed by atoms with Crippen LogP contribution in [0.2, 0.25) is 0 Å². The second-order valence-corrected chi connectivity index (χ2v) is 4.14. The molecule has 0 saturated heterocycles. The van der Waals surface area contributed by atoms with E-state index in [1.165, 1.54) is 24.3 Å². The third-order valence-corrected chi connectivity index (χ3v) is 2.89. The molecular formula is C14H9NO6. The van der Waals surface area contributed by atoms with Gasteiger partial charge in [-0.25, -0.2) is 9.59 Å². The molecule has 0 heterocycles. The van der Waals surface area contributed by atoms with Crippen molar-refractivity contribution in [1.82, 2.24) is 0 Å². The number of carboxylic acid groups (broad SMARTS) is 2. The van der Waals surface area contributed by atoms with Gasteiger partial charge in [-0.15, -0.1) is 0 Å². The van der Waals surface area contributed by atoms with E-state index >= 15 is 0 Å². The van der Waals surface area contributed by atoms with Crippen molar-refractivity contribution in [1.29, 1.82) is 0 Å². The van der Waals surface area contributed by atoms with Crippen molar-refractivity contribution in [3.8, 4) is 11.1 Å². The number of carboxylic acids is 2. The summed E-state index contributed by atoms with van der Waals surface area (Å²) in [7, 11) is 0. The quantitative estimate of drug-likeness (QED) is 0.659. The molecule has 2 rings (SSSR count). The summed E-state index contributed by atoms with van der Waals surface area (Å²) in [6, 6.07) is 9.16. The first kappa shape index (κ1) is 14.2. The summed E-state index contributed by atoms with van der Waals surface area (Å²) in [5.74, 6) is -2.57. The van der Waals surface area contributed by atoms with Crippen LogP contribution < -0.4 is 0 Å². The Hall–Kier alpha value is -3.22. The van der Waals surface area contributed by atoms with E-state index in [-0.39, 0.29) is 27.9 Å². The molecule has 0 aromatic heterocycles. The third-order valence-electron chi connectivity index (χ3n) is 2.89. The van der Waals surface area contributed by atoms with Gasteiger partial charge >= 0.3 is 11.9 Å². The molecule has 0 saturated carbocycles. The van der Waals surface area contributed by atoms with Crippen LogP contribution in [0, 0.1) is 10.1 Å². The molecule has 0 unspecified atom stereocenters. The van der Waals surface area contributed by atoms with Gasteiger partial charge in [-0.05, 0) is 23.3 Å². The molecule has 0 atom stereocenters. The molecule has 2 aromatic rings. The van der Waals surface area contributed by atoms with Crippen LogP contribution in [0.4, 0.5) is 5.69 Å². The van der Waals surface area contributed by atoms with Gasteiger partial charge in [0.15, 0.2) is 0 Å². The summed E-state index contributed by atoms with van der Waals surface area (Å²) in [5, 5.41) is 29.1. The van der Waals surface area contributed by atoms with Gasteiger partial charge in [-0.1, -0.05) is 18.2 Å². The van der Waals surface area contributed by atoms with E-state index in [1.54, 1.807) is 6.07 Å². The molecule has 2 N–H and O–H groups in total. The second kappa shape index (κ2) is 5.41. The topological polar surface area (TPSA) is 118 Å². The molecule has 0 aliphatic carbocycles. The molecule has 0 amide bonds. The van der Waals surface area contributed by atoms with Crippen molar-refractivity contribution >= 4 is 17.6 Å². The molecular weight excluding hydrogens is 278 g/mol. The van der Waals surface area contributed by atoms with E-state index in [0.717, 1.165) is 12.1 Å². The first-order valence-electron chi connectivity index (χ1n) is 5.76. The average molecular weight is 287 g/mol. The average Bonchev–Trinajstić information content (AvgIpc) is 2.46. The largest absolute Gasteiger partial charge is 0.478 e. The summed E-state index contributed by atoms with van der Waals surface area (Å²) in [5.41, 5.74) is -0.459. The predicted molar refractivity (Wildman–Crippen MR) is 72.5 cm³/mol. The number of hydrogen-bond acceptors (Lipinski definition) is 4. The van der Waals surface area contributed by atoms with Gasteiger partial charge in [0.1, 0.15) is 0 Å². The van der Waals surface area contributed by atoms with Crippen molar-refractivity contribution in [3.63, 3.8) is 0 Å². The van der Waals surface area contributed by atoms with Crippen LogP contribution in [-0.2, 0) is 0 Å². The number of aromatic carboxylic acids is 2. The maximum atomic E-state index is 11.3. The Balaban J connectivity index is 2.72. The van der Waals surface area contributed by atoms with Crippen molar-refractivity contribution < 1.29 is 24.7 Å². The summed E-state index contributed by atoms with van der Waals surface area (Å²) < 4.78 is 0. The Morgan fingerprint density at radius 1 is 0.905 bits per heavy atom. The first-order chi connectivity index (χ1) is 9.91. The minimum absolute atomic E-state index is 0.0751. The van der Waals surface area contributed by atoms with Crippen LogP contribution in [-0.4, -0.2) is 27.1 Å². The predicted octanol–water partition coefficient (Wildman–Crippen LogP) is 2.66. The van der Waals surface area contributed by atoms with Gasteiger partial charge in [0.2, 0.25) is 0 Å². The normalized spacial score (nSPS) is 10.1. The first-order valence-corrected chi connectivity index (χ1v) is 5.76. The summed E-state index contributed by atoms with van der Waals surface area (Å²) in [6.07, 6.45) is 0. The number of nitro groups is 1. The Bertz CT molecular complexity index is 753. The number of rotatable bonds is 4. The van der Waals surface area contributed by atoms with Crippen LogP contribution >= 0.6 is 0 Å². The zero-order valence-corrected chi connectivity index (χ0v) is 10.5. The maximum Gasteiger partial charge on any atom is 0.336 e. The zero-order chi connectivity index (χ0) is 15.6. The minimum Gasteiger partial charge on any atom is -0.478 e. The highest BCUT2D eigenvalue weighted by Gasteiger charge is 2.20. The van der Waals surface area contributed by atoms with Crippen LogP contribution in [0.5, 0.6) is 0 Å². The van der Waals surface area contributed by atoms with Gasteiger partial charge in [-0.2, -0.15) is 0 Å². The van der Waals surface area contributed by atoms with E-state index in [0.29, 0.717) is 0 Å². The molecule has 2 aromatic carbocycles. The Labute approximate surface area is 118 Å². The second-order valence-electron chi connectivity index (χ2n) is 4.14. The molecule has 7 nitrogen and oxygen atoms in total. The molecule has 21 heavy (non-hydrogen) atoms. The molecule has 7 heteroatoms. The summed E-state index contributed by atoms with van der Waals surface area (Å²) in [6.45, 7) is 0. The molecule has 0 aliphatic heterocycles. The number of benzene rings is 2. The zero-order valence-electron chi connectivity index (χ0n) is 10.5. The highest BCUT2D eigenvalue weighted by Crippen LogP contribution is 2.30. The fourth-order valence-electron chi connectivity index (χ4n) is 1.96. The van der Waals surface area contributed by atoms with Gasteiger partial charge < -0.3 is 10.2 Å². The van der Waals surface area contributed by atoms with E-state index in [2.05, 4.69) is 0 Å². The molecule has 0 bridgehead atoms. The van der Waals surface area contributed by atoms with Crippen LogP contribution in [0.1, 0.15) is 20.7 Å². The van der Waals surface area contributed by atoms with E-state index in [1.807, 2.05) is 0 Å². The number of non-ortho nitro benzene ring substituents is 1. The van der Waals surface area contributed by atoms with Crippen LogP contribution in [0.25, 0.3) is 11.1 Å². The van der Waals surface area contributed by atoms with Gasteiger partial charge in [0, 0.05) is 12.1 Å². The van der Waals surface area contributed by atoms with Crippen LogP contribution in [0.3, 0.4) is 0 Å². The van der Waals surface area contributed by atoms with Crippen molar-refractivity contribution in [2.75, 3.05) is 0 Å². The van der Waals surface area contributed by atoms with Crippen LogP contribution in [0.15, 0.2) is 42.5 Å². The van der Waals surface area contributed by atoms with Gasteiger partial charge in [0.25, 0.3) is 5.69 Å². The molecule has 0 radical (unpaired) electrons. The number of nitrogens with zero attached hydrogens (tertiary/aromatic N) is 1. The SMILES string of the molecule is O=C(O)c1ccccc1-c1ccc([N+](=O)[O-])cc1C(=O)O. The molecule has 106 valence electrons. The third kappa shape index (κ3) is 2.71. The maximum absolute atomic E-state index is 11.3. The van der Waals surface area contributed by atoms with Crippen molar-refractivity contribution in [3.05, 3.63) is 63.7 Å². The summed E-state index contributed by atoms with van der Waals surface area (Å²) in [4.78, 5) is 32.5. The highest BCUT2D eigenvalue weighted by molar-refractivity contribution is 6.02. The Morgan fingerprint density at radius 2 is 1.48 bits per heavy atom. The lowest BCUT2D eigenvalue weighted by atomic mass is 9.95. The fraction of sp³-hybridized carbons (Fsp3) is 0. The van der Waals surface area contributed by atoms with E-state index in [9.17, 15) is 24.8 Å². The van der Waals surface area contributed by atoms with Crippen molar-refractivity contribution in [2.45, 2.75) is 0 Å². The number of nitro benzene ring substituents is 1. The van der Waals surface area contributed by atoms with E-state index in [4.69, 9.17) is 5.11 Å².